The first kappa shape index (κ1) is 8.31. The van der Waals surface area contributed by atoms with E-state index in [2.05, 4.69) is 19.6 Å². The van der Waals surface area contributed by atoms with Gasteiger partial charge in [-0.05, 0) is 20.3 Å². The fourth-order valence-electron chi connectivity index (χ4n) is 0.352. The smallest absolute Gasteiger partial charge is 0.105 e. The van der Waals surface area contributed by atoms with Crippen LogP contribution in [0.5, 0.6) is 0 Å². The Morgan fingerprint density at radius 1 is 1.50 bits per heavy atom. The van der Waals surface area contributed by atoms with E-state index in [1.54, 1.807) is 0 Å². The lowest BCUT2D eigenvalue weighted by Crippen LogP contribution is -2.15. The molecule has 0 bridgehead atoms. The molecule has 0 aromatic carbocycles. The predicted molar refractivity (Wildman–Crippen MR) is 39.3 cm³/mol. The molecule has 0 fully saturated rings. The molecule has 50 valence electrons. The zero-order valence-electron chi connectivity index (χ0n) is 5.77. The van der Waals surface area contributed by atoms with Gasteiger partial charge in [0, 0.05) is 6.61 Å². The zero-order chi connectivity index (χ0) is 6.62. The second kappa shape index (κ2) is 3.36. The summed E-state index contributed by atoms with van der Waals surface area (Å²) in [5, 5.41) is 0. The third kappa shape index (κ3) is 6.31. The number of rotatable bonds is 3. The van der Waals surface area contributed by atoms with Crippen molar-refractivity contribution >= 4 is 12.6 Å². The van der Waals surface area contributed by atoms with Crippen molar-refractivity contribution in [3.63, 3.8) is 0 Å². The summed E-state index contributed by atoms with van der Waals surface area (Å²) < 4.78 is 5.24. The molecule has 0 aliphatic carbocycles. The molecule has 0 saturated carbocycles. The molecule has 0 heterocycles. The van der Waals surface area contributed by atoms with Crippen molar-refractivity contribution in [3.05, 3.63) is 0 Å². The molecule has 0 aliphatic heterocycles. The van der Waals surface area contributed by atoms with Gasteiger partial charge in [0.2, 0.25) is 0 Å². The number of thiol groups is 1. The third-order valence-corrected chi connectivity index (χ3v) is 0.789. The minimum atomic E-state index is -0.254. The van der Waals surface area contributed by atoms with E-state index in [0.717, 1.165) is 13.0 Å². The summed E-state index contributed by atoms with van der Waals surface area (Å²) in [6, 6.07) is 0. The van der Waals surface area contributed by atoms with E-state index >= 15 is 0 Å². The van der Waals surface area contributed by atoms with Crippen molar-refractivity contribution in [2.45, 2.75) is 32.1 Å². The Labute approximate surface area is 56.8 Å². The van der Waals surface area contributed by atoms with Gasteiger partial charge in [0.25, 0.3) is 0 Å². The van der Waals surface area contributed by atoms with Gasteiger partial charge >= 0.3 is 0 Å². The monoisotopic (exact) mass is 134 g/mol. The van der Waals surface area contributed by atoms with Gasteiger partial charge in [-0.3, -0.25) is 0 Å². The molecular formula is C6H14OS. The third-order valence-electron chi connectivity index (χ3n) is 0.659. The van der Waals surface area contributed by atoms with Crippen LogP contribution in [0, 0.1) is 0 Å². The SMILES string of the molecule is CCCOC(C)(C)S. The largest absolute Gasteiger partial charge is 0.365 e. The van der Waals surface area contributed by atoms with Crippen molar-refractivity contribution in [1.82, 2.24) is 0 Å². The van der Waals surface area contributed by atoms with E-state index in [1.807, 2.05) is 13.8 Å². The van der Waals surface area contributed by atoms with Crippen LogP contribution in [0.1, 0.15) is 27.2 Å². The molecule has 0 N–H and O–H groups in total. The summed E-state index contributed by atoms with van der Waals surface area (Å²) in [5.74, 6) is 0. The van der Waals surface area contributed by atoms with Crippen LogP contribution in [0.15, 0.2) is 0 Å². The molecule has 1 nitrogen and oxygen atoms in total. The standard InChI is InChI=1S/C6H14OS/c1-4-5-7-6(2,3)8/h8H,4-5H2,1-3H3. The normalized spacial score (nSPS) is 12.0. The molecule has 0 amide bonds. The molecule has 2 heteroatoms. The molecule has 0 saturated heterocycles. The van der Waals surface area contributed by atoms with Crippen molar-refractivity contribution in [1.29, 1.82) is 0 Å². The molecule has 0 atom stereocenters. The molecular weight excluding hydrogens is 120 g/mol. The van der Waals surface area contributed by atoms with Crippen molar-refractivity contribution < 1.29 is 4.74 Å². The highest BCUT2D eigenvalue weighted by Crippen LogP contribution is 2.12. The molecule has 0 spiro atoms. The Morgan fingerprint density at radius 2 is 2.00 bits per heavy atom. The molecule has 0 aliphatic rings. The minimum absolute atomic E-state index is 0.254. The highest BCUT2D eigenvalue weighted by atomic mass is 32.1. The molecule has 0 aromatic heterocycles. The van der Waals surface area contributed by atoms with Gasteiger partial charge in [0.15, 0.2) is 0 Å². The summed E-state index contributed by atoms with van der Waals surface area (Å²) >= 11 is 4.17. The van der Waals surface area contributed by atoms with Gasteiger partial charge in [-0.15, -0.1) is 12.6 Å². The first-order valence-corrected chi connectivity index (χ1v) is 3.37. The van der Waals surface area contributed by atoms with Gasteiger partial charge in [-0.1, -0.05) is 6.92 Å². The van der Waals surface area contributed by atoms with Crippen LogP contribution >= 0.6 is 12.6 Å². The van der Waals surface area contributed by atoms with Crippen molar-refractivity contribution in [2.24, 2.45) is 0 Å². The van der Waals surface area contributed by atoms with Gasteiger partial charge in [0.1, 0.15) is 4.93 Å². The Morgan fingerprint density at radius 3 is 2.12 bits per heavy atom. The van der Waals surface area contributed by atoms with E-state index < -0.39 is 0 Å². The highest BCUT2D eigenvalue weighted by Gasteiger charge is 2.08. The Balaban J connectivity index is 3.11. The summed E-state index contributed by atoms with van der Waals surface area (Å²) in [4.78, 5) is -0.254. The average Bonchev–Trinajstić information content (AvgIpc) is 1.59. The van der Waals surface area contributed by atoms with E-state index in [-0.39, 0.29) is 4.93 Å². The number of ether oxygens (including phenoxy) is 1. The lowest BCUT2D eigenvalue weighted by Gasteiger charge is -2.17. The predicted octanol–water partition coefficient (Wildman–Crippen LogP) is 2.08. The lowest BCUT2D eigenvalue weighted by atomic mass is 10.4. The molecule has 0 aromatic rings. The quantitative estimate of drug-likeness (QED) is 0.459. The van der Waals surface area contributed by atoms with Gasteiger partial charge in [0.05, 0.1) is 0 Å². The van der Waals surface area contributed by atoms with E-state index in [1.165, 1.54) is 0 Å². The summed E-state index contributed by atoms with van der Waals surface area (Å²) in [7, 11) is 0. The molecule has 0 radical (unpaired) electrons. The molecule has 0 rings (SSSR count). The zero-order valence-corrected chi connectivity index (χ0v) is 6.66. The van der Waals surface area contributed by atoms with E-state index in [0.29, 0.717) is 0 Å². The van der Waals surface area contributed by atoms with Crippen LogP contribution in [0.2, 0.25) is 0 Å². The summed E-state index contributed by atoms with van der Waals surface area (Å²) in [5.41, 5.74) is 0. The second-order valence-corrected chi connectivity index (χ2v) is 3.37. The maximum atomic E-state index is 5.24. The molecule has 0 unspecified atom stereocenters. The fourth-order valence-corrected chi connectivity index (χ4v) is 0.443. The van der Waals surface area contributed by atoms with Crippen molar-refractivity contribution in [3.8, 4) is 0 Å². The number of hydrogen-bond acceptors (Lipinski definition) is 2. The minimum Gasteiger partial charge on any atom is -0.365 e. The van der Waals surface area contributed by atoms with Gasteiger partial charge in [-0.2, -0.15) is 0 Å². The van der Waals surface area contributed by atoms with Gasteiger partial charge < -0.3 is 4.74 Å². The first-order chi connectivity index (χ1) is 3.56. The number of hydrogen-bond donors (Lipinski definition) is 1. The maximum Gasteiger partial charge on any atom is 0.105 e. The maximum absolute atomic E-state index is 5.24. The van der Waals surface area contributed by atoms with Crippen LogP contribution in [0.4, 0.5) is 0 Å². The topological polar surface area (TPSA) is 9.23 Å². The van der Waals surface area contributed by atoms with E-state index in [9.17, 15) is 0 Å². The van der Waals surface area contributed by atoms with Crippen LogP contribution < -0.4 is 0 Å². The summed E-state index contributed by atoms with van der Waals surface area (Å²) in [6.07, 6.45) is 1.06. The Bertz CT molecular complexity index is 56.0. The van der Waals surface area contributed by atoms with Crippen LogP contribution in [0.3, 0.4) is 0 Å². The lowest BCUT2D eigenvalue weighted by molar-refractivity contribution is 0.0547. The Kier molecular flexibility index (Phi) is 3.49. The average molecular weight is 134 g/mol. The highest BCUT2D eigenvalue weighted by molar-refractivity contribution is 7.81. The Hall–Kier alpha value is 0.310. The van der Waals surface area contributed by atoms with Crippen LogP contribution in [-0.4, -0.2) is 11.5 Å². The summed E-state index contributed by atoms with van der Waals surface area (Å²) in [6.45, 7) is 6.76. The van der Waals surface area contributed by atoms with Crippen molar-refractivity contribution in [2.75, 3.05) is 6.61 Å². The van der Waals surface area contributed by atoms with Crippen LogP contribution in [-0.2, 0) is 4.74 Å². The molecule has 8 heavy (non-hydrogen) atoms. The van der Waals surface area contributed by atoms with Crippen LogP contribution in [0.25, 0.3) is 0 Å². The first-order valence-electron chi connectivity index (χ1n) is 2.92. The fraction of sp³-hybridized carbons (Fsp3) is 1.00. The van der Waals surface area contributed by atoms with Gasteiger partial charge in [-0.25, -0.2) is 0 Å². The second-order valence-electron chi connectivity index (χ2n) is 2.30. The van der Waals surface area contributed by atoms with E-state index in [4.69, 9.17) is 4.74 Å².